The maximum Gasteiger partial charge on any atom is 0.0417 e. The van der Waals surface area contributed by atoms with Gasteiger partial charge in [0, 0.05) is 31.9 Å². The lowest BCUT2D eigenvalue weighted by atomic mass is 10.2. The van der Waals surface area contributed by atoms with Gasteiger partial charge in [-0.05, 0) is 42.0 Å². The Bertz CT molecular complexity index is 586. The standard InChI is InChI=1S/C16H17BrClNS/c1-11(2)19-10-12-8-13(17)6-7-16(12)20-15-5-3-4-14(18)9-15/h3-9,11,19H,10H2,1-2H3. The van der Waals surface area contributed by atoms with Crippen molar-refractivity contribution in [2.75, 3.05) is 0 Å². The molecular weight excluding hydrogens is 354 g/mol. The molecule has 0 bridgehead atoms. The minimum absolute atomic E-state index is 0.470. The van der Waals surface area contributed by atoms with E-state index in [-0.39, 0.29) is 0 Å². The molecule has 106 valence electrons. The number of rotatable bonds is 5. The molecule has 0 spiro atoms. The van der Waals surface area contributed by atoms with E-state index in [4.69, 9.17) is 11.6 Å². The van der Waals surface area contributed by atoms with E-state index in [9.17, 15) is 0 Å². The van der Waals surface area contributed by atoms with Crippen molar-refractivity contribution in [1.82, 2.24) is 5.32 Å². The molecule has 0 fully saturated rings. The molecule has 0 aliphatic heterocycles. The third-order valence-electron chi connectivity index (χ3n) is 2.75. The topological polar surface area (TPSA) is 12.0 Å². The largest absolute Gasteiger partial charge is 0.310 e. The van der Waals surface area contributed by atoms with E-state index in [0.29, 0.717) is 6.04 Å². The van der Waals surface area contributed by atoms with Gasteiger partial charge in [0.1, 0.15) is 0 Å². The molecule has 1 N–H and O–H groups in total. The van der Waals surface area contributed by atoms with Crippen LogP contribution in [0, 0.1) is 0 Å². The Morgan fingerprint density at radius 2 is 2.00 bits per heavy atom. The van der Waals surface area contributed by atoms with Crippen LogP contribution in [0.25, 0.3) is 0 Å². The van der Waals surface area contributed by atoms with Gasteiger partial charge in [-0.2, -0.15) is 0 Å². The fourth-order valence-electron chi connectivity index (χ4n) is 1.76. The maximum atomic E-state index is 6.05. The first kappa shape index (κ1) is 15.9. The summed E-state index contributed by atoms with van der Waals surface area (Å²) in [6.07, 6.45) is 0. The molecule has 4 heteroatoms. The maximum absolute atomic E-state index is 6.05. The van der Waals surface area contributed by atoms with Crippen LogP contribution in [0.3, 0.4) is 0 Å². The van der Waals surface area contributed by atoms with E-state index in [1.165, 1.54) is 10.5 Å². The molecule has 2 aromatic carbocycles. The quantitative estimate of drug-likeness (QED) is 0.719. The second kappa shape index (κ2) is 7.51. The fraction of sp³-hybridized carbons (Fsp3) is 0.250. The fourth-order valence-corrected chi connectivity index (χ4v) is 3.41. The third-order valence-corrected chi connectivity index (χ3v) is 4.58. The Morgan fingerprint density at radius 3 is 2.70 bits per heavy atom. The summed E-state index contributed by atoms with van der Waals surface area (Å²) in [6, 6.07) is 14.8. The van der Waals surface area contributed by atoms with Gasteiger partial charge in [0.25, 0.3) is 0 Å². The summed E-state index contributed by atoms with van der Waals surface area (Å²) in [4.78, 5) is 2.41. The Morgan fingerprint density at radius 1 is 1.20 bits per heavy atom. The molecule has 0 aliphatic carbocycles. The van der Waals surface area contributed by atoms with Crippen LogP contribution < -0.4 is 5.32 Å². The first-order valence-corrected chi connectivity index (χ1v) is 8.48. The number of hydrogen-bond donors (Lipinski definition) is 1. The van der Waals surface area contributed by atoms with E-state index >= 15 is 0 Å². The van der Waals surface area contributed by atoms with E-state index < -0.39 is 0 Å². The van der Waals surface area contributed by atoms with Crippen molar-refractivity contribution < 1.29 is 0 Å². The summed E-state index contributed by atoms with van der Waals surface area (Å²) in [5.41, 5.74) is 1.29. The SMILES string of the molecule is CC(C)NCc1cc(Br)ccc1Sc1cccc(Cl)c1. The van der Waals surface area contributed by atoms with Gasteiger partial charge < -0.3 is 5.32 Å². The van der Waals surface area contributed by atoms with Gasteiger partial charge in [-0.25, -0.2) is 0 Å². The van der Waals surface area contributed by atoms with Crippen molar-refractivity contribution in [1.29, 1.82) is 0 Å². The summed E-state index contributed by atoms with van der Waals surface area (Å²) < 4.78 is 1.11. The molecule has 0 saturated carbocycles. The van der Waals surface area contributed by atoms with Crippen LogP contribution in [0.2, 0.25) is 5.02 Å². The molecule has 1 nitrogen and oxygen atoms in total. The Hall–Kier alpha value is -0.480. The summed E-state index contributed by atoms with van der Waals surface area (Å²) >= 11 is 11.3. The number of halogens is 2. The molecule has 0 atom stereocenters. The first-order valence-electron chi connectivity index (χ1n) is 6.50. The zero-order valence-corrected chi connectivity index (χ0v) is 14.6. The summed E-state index contributed by atoms with van der Waals surface area (Å²) in [5, 5.41) is 4.24. The lowest BCUT2D eigenvalue weighted by Crippen LogP contribution is -2.22. The smallest absolute Gasteiger partial charge is 0.0417 e. The second-order valence-corrected chi connectivity index (χ2v) is 7.31. The van der Waals surface area contributed by atoms with Crippen LogP contribution in [0.4, 0.5) is 0 Å². The Kier molecular flexibility index (Phi) is 5.97. The van der Waals surface area contributed by atoms with E-state index in [1.54, 1.807) is 11.8 Å². The molecule has 0 saturated heterocycles. The minimum Gasteiger partial charge on any atom is -0.310 e. The van der Waals surface area contributed by atoms with Crippen LogP contribution in [-0.4, -0.2) is 6.04 Å². The van der Waals surface area contributed by atoms with Gasteiger partial charge in [-0.1, -0.05) is 59.2 Å². The average Bonchev–Trinajstić information content (AvgIpc) is 2.39. The van der Waals surface area contributed by atoms with Crippen LogP contribution >= 0.6 is 39.3 Å². The molecule has 20 heavy (non-hydrogen) atoms. The minimum atomic E-state index is 0.470. The first-order chi connectivity index (χ1) is 9.54. The highest BCUT2D eigenvalue weighted by Crippen LogP contribution is 2.33. The molecule has 2 aromatic rings. The van der Waals surface area contributed by atoms with Crippen LogP contribution in [0.1, 0.15) is 19.4 Å². The van der Waals surface area contributed by atoms with Gasteiger partial charge in [0.05, 0.1) is 0 Å². The molecule has 0 amide bonds. The second-order valence-electron chi connectivity index (χ2n) is 4.85. The van der Waals surface area contributed by atoms with Crippen molar-refractivity contribution in [3.63, 3.8) is 0 Å². The van der Waals surface area contributed by atoms with Crippen molar-refractivity contribution in [2.24, 2.45) is 0 Å². The normalized spacial score (nSPS) is 11.1. The lowest BCUT2D eigenvalue weighted by Gasteiger charge is -2.13. The highest BCUT2D eigenvalue weighted by molar-refractivity contribution is 9.10. The van der Waals surface area contributed by atoms with Crippen molar-refractivity contribution in [3.8, 4) is 0 Å². The lowest BCUT2D eigenvalue weighted by molar-refractivity contribution is 0.584. The van der Waals surface area contributed by atoms with Crippen LogP contribution in [0.15, 0.2) is 56.7 Å². The van der Waals surface area contributed by atoms with Gasteiger partial charge in [0.2, 0.25) is 0 Å². The number of hydrogen-bond acceptors (Lipinski definition) is 2. The van der Waals surface area contributed by atoms with Crippen molar-refractivity contribution in [2.45, 2.75) is 36.2 Å². The van der Waals surface area contributed by atoms with Crippen molar-refractivity contribution in [3.05, 3.63) is 57.5 Å². The zero-order valence-electron chi connectivity index (χ0n) is 11.5. The summed E-state index contributed by atoms with van der Waals surface area (Å²) in [7, 11) is 0. The van der Waals surface area contributed by atoms with Crippen molar-refractivity contribution >= 4 is 39.3 Å². The van der Waals surface area contributed by atoms with Gasteiger partial charge in [-0.15, -0.1) is 0 Å². The highest BCUT2D eigenvalue weighted by atomic mass is 79.9. The Balaban J connectivity index is 2.21. The molecule has 0 aromatic heterocycles. The molecule has 0 heterocycles. The number of benzene rings is 2. The van der Waals surface area contributed by atoms with Gasteiger partial charge >= 0.3 is 0 Å². The molecule has 0 unspecified atom stereocenters. The van der Waals surface area contributed by atoms with E-state index in [2.05, 4.69) is 59.4 Å². The van der Waals surface area contributed by atoms with Crippen LogP contribution in [0.5, 0.6) is 0 Å². The molecular formula is C16H17BrClNS. The highest BCUT2D eigenvalue weighted by Gasteiger charge is 2.06. The molecule has 2 rings (SSSR count). The molecule has 0 aliphatic rings. The van der Waals surface area contributed by atoms with Gasteiger partial charge in [0.15, 0.2) is 0 Å². The third kappa shape index (κ3) is 4.81. The van der Waals surface area contributed by atoms with E-state index in [1.807, 2.05) is 18.2 Å². The zero-order chi connectivity index (χ0) is 14.5. The molecule has 0 radical (unpaired) electrons. The summed E-state index contributed by atoms with van der Waals surface area (Å²) in [6.45, 7) is 5.17. The summed E-state index contributed by atoms with van der Waals surface area (Å²) in [5.74, 6) is 0. The number of nitrogens with one attached hydrogen (secondary N) is 1. The predicted molar refractivity (Wildman–Crippen MR) is 91.7 cm³/mol. The van der Waals surface area contributed by atoms with Crippen LogP contribution in [-0.2, 0) is 6.54 Å². The predicted octanol–water partition coefficient (Wildman–Crippen LogP) is 5.75. The van der Waals surface area contributed by atoms with Gasteiger partial charge in [-0.3, -0.25) is 0 Å². The average molecular weight is 371 g/mol. The Labute approximate surface area is 138 Å². The monoisotopic (exact) mass is 369 g/mol. The van der Waals surface area contributed by atoms with E-state index in [0.717, 1.165) is 20.9 Å².